The Morgan fingerprint density at radius 3 is 1.58 bits per heavy atom. The lowest BCUT2D eigenvalue weighted by Gasteiger charge is -2.36. The number of phenols is 3. The van der Waals surface area contributed by atoms with Crippen molar-refractivity contribution in [1.82, 2.24) is 30.2 Å². The van der Waals surface area contributed by atoms with Crippen LogP contribution >= 0.6 is 15.9 Å². The van der Waals surface area contributed by atoms with Crippen LogP contribution in [0.5, 0.6) is 17.2 Å². The molecule has 7 aromatic heterocycles. The zero-order chi connectivity index (χ0) is 104. The number of nitrogens with two attached hydrogens (primary N) is 2. The standard InChI is InChI=1S/C32H33F2N3O3.C28H23FN4O3.C23H11N3O2.C23H14N2O2.C14H16BrN3/c1-19-6-5-7-25(30(19)38)27-18-35-28-9-8-20(21-14-22(33)17-23(34)15-21)16-26(28)29(27)37-12-10-24(11-13-37)36-31(39)40-32(2,3)4;1-15-9-17(11-18(29)10-15)22-14-32-23-4-3-16(20-13-24(34)28(36)25(31-2)27(20)35)12-21(23)26(22)33-7-5-19(30)6-8-33;1-24-19-7-3-5-14(21(19)27)13-9-10-18-16(11-13)22-17(12-26-18)15-6-4-8-20(25-2)23(15)28-22;1-13-5-3-7-16-21-17-11-14(15-6-4-8-19(24-2)22(15)26)9-10-18(17)25-12-20(21)27-23(13)16;15-10-1-2-13-12(9-10)14(3-6-17-13)18-7-4-11(16)5-8-18/h5-9,14-18,24,38H,10-13H2,1-4H3,(H,36,39);3-4,9-14,19,35H,5-8,30H2,1H3;3-12,27H;3-12,26H,1H3;1-3,6,9,11H,4-5,7-8,16H2. The molecule has 0 radical (unpaired) electrons. The summed E-state index contributed by atoms with van der Waals surface area (Å²) in [7, 11) is 0. The van der Waals surface area contributed by atoms with Crippen LogP contribution in [0.25, 0.3) is 179 Å². The number of alkyl carbamates (subject to hydrolysis) is 1. The summed E-state index contributed by atoms with van der Waals surface area (Å²) in [4.78, 5) is 79.6. The third-order valence-electron chi connectivity index (χ3n) is 27.2. The van der Waals surface area contributed by atoms with Gasteiger partial charge in [-0.3, -0.25) is 34.5 Å². The molecule has 740 valence electrons. The summed E-state index contributed by atoms with van der Waals surface area (Å²) in [6.07, 6.45) is 14.6. The number of halogens is 4. The number of nitrogens with one attached hydrogen (secondary N) is 1. The van der Waals surface area contributed by atoms with E-state index < -0.39 is 46.4 Å². The molecule has 0 unspecified atom stereocenters. The normalized spacial score (nSPS) is 14.1. The number of hydrogen-bond acceptors (Lipinski definition) is 20. The molecule has 3 saturated heterocycles. The molecular formula is C120H97BrF3N15O10. The maximum atomic E-state index is 14.4. The topological polar surface area (TPSA) is 323 Å². The number of aliphatic hydroxyl groups excluding tert-OH is 1. The number of benzene rings is 12. The number of pyridine rings is 5. The first-order valence-corrected chi connectivity index (χ1v) is 49.2. The predicted octanol–water partition coefficient (Wildman–Crippen LogP) is 27.8. The average molecular weight is 2050 g/mol. The molecule has 0 bridgehead atoms. The lowest BCUT2D eigenvalue weighted by atomic mass is 9.92. The molecule has 9 N–H and O–H groups in total. The number of phenolic OH excluding ortho intramolecular Hbond substituents is 3. The molecule has 1 aliphatic carbocycles. The van der Waals surface area contributed by atoms with Gasteiger partial charge < -0.3 is 65.5 Å². The van der Waals surface area contributed by atoms with E-state index in [9.17, 15) is 48.0 Å². The number of nitrogens with zero attached hydrogens (tertiary/aromatic N) is 12. The number of anilines is 3. The van der Waals surface area contributed by atoms with E-state index in [1.54, 1.807) is 85.5 Å². The molecule has 23 rings (SSSR count). The molecule has 149 heavy (non-hydrogen) atoms. The van der Waals surface area contributed by atoms with Gasteiger partial charge in [0, 0.05) is 180 Å². The maximum Gasteiger partial charge on any atom is 0.407 e. The number of aliphatic hydroxyl groups is 1. The monoisotopic (exact) mass is 2040 g/mol. The number of hydrogen-bond donors (Lipinski definition) is 7. The Labute approximate surface area is 862 Å². The molecular weight excluding hydrogens is 1950 g/mol. The third-order valence-corrected chi connectivity index (χ3v) is 27.7. The van der Waals surface area contributed by atoms with Crippen molar-refractivity contribution in [2.45, 2.75) is 104 Å². The zero-order valence-corrected chi connectivity index (χ0v) is 83.4. The molecule has 25 nitrogen and oxygen atoms in total. The minimum absolute atomic E-state index is 0.000111. The van der Waals surface area contributed by atoms with Gasteiger partial charge in [0.1, 0.15) is 62.8 Å². The number of amides is 1. The maximum absolute atomic E-state index is 14.4. The van der Waals surface area contributed by atoms with Gasteiger partial charge in [0.25, 0.3) is 5.70 Å². The van der Waals surface area contributed by atoms with E-state index in [1.165, 1.54) is 35.3 Å². The first-order valence-electron chi connectivity index (χ1n) is 48.4. The molecule has 10 heterocycles. The highest BCUT2D eigenvalue weighted by atomic mass is 79.9. The summed E-state index contributed by atoms with van der Waals surface area (Å²) >= 11 is 3.53. The summed E-state index contributed by atoms with van der Waals surface area (Å²) in [5.41, 5.74) is 31.6. The Kier molecular flexibility index (Phi) is 28.2. The lowest BCUT2D eigenvalue weighted by Crippen LogP contribution is -2.46. The number of aromatic nitrogens is 5. The number of Topliss-reactive ketones (excluding diaryl/α,β-unsaturated/α-hetero) is 1. The van der Waals surface area contributed by atoms with Gasteiger partial charge in [-0.05, 0) is 233 Å². The first-order chi connectivity index (χ1) is 71.9. The highest BCUT2D eigenvalue weighted by Gasteiger charge is 2.34. The number of carbonyl (C=O) groups is 3. The van der Waals surface area contributed by atoms with Gasteiger partial charge in [0.15, 0.2) is 5.58 Å². The van der Waals surface area contributed by atoms with Crippen molar-refractivity contribution in [3.05, 3.63) is 363 Å². The van der Waals surface area contributed by atoms with Crippen molar-refractivity contribution in [3.63, 3.8) is 0 Å². The third kappa shape index (κ3) is 20.6. The second-order valence-corrected chi connectivity index (χ2v) is 39.1. The van der Waals surface area contributed by atoms with Gasteiger partial charge in [-0.15, -0.1) is 0 Å². The summed E-state index contributed by atoms with van der Waals surface area (Å²) in [6.45, 7) is 45.0. The van der Waals surface area contributed by atoms with E-state index >= 15 is 0 Å². The van der Waals surface area contributed by atoms with Gasteiger partial charge in [-0.25, -0.2) is 37.3 Å². The number of fused-ring (bicyclic) bond motifs is 13. The van der Waals surface area contributed by atoms with E-state index in [0.717, 1.165) is 182 Å². The van der Waals surface area contributed by atoms with Gasteiger partial charge >= 0.3 is 6.09 Å². The fourth-order valence-corrected chi connectivity index (χ4v) is 20.1. The van der Waals surface area contributed by atoms with Crippen LogP contribution in [0.15, 0.2) is 286 Å². The highest BCUT2D eigenvalue weighted by molar-refractivity contribution is 9.10. The molecule has 0 spiro atoms. The average Bonchev–Trinajstić information content (AvgIpc) is 1.73. The van der Waals surface area contributed by atoms with Crippen molar-refractivity contribution in [3.8, 4) is 72.9 Å². The van der Waals surface area contributed by atoms with Crippen LogP contribution in [0.1, 0.15) is 81.5 Å². The molecule has 0 atom stereocenters. The van der Waals surface area contributed by atoms with Crippen LogP contribution < -0.4 is 31.5 Å². The Bertz CT molecular complexity index is 8880. The second kappa shape index (κ2) is 42.1. The Balaban J connectivity index is 0.000000119. The van der Waals surface area contributed by atoms with Crippen molar-refractivity contribution in [2.24, 2.45) is 11.5 Å². The number of allylic oxidation sites excluding steroid dienone is 3. The number of ether oxygens (including phenoxy) is 1. The van der Waals surface area contributed by atoms with Gasteiger partial charge in [-0.1, -0.05) is 137 Å². The zero-order valence-electron chi connectivity index (χ0n) is 81.8. The molecule has 3 aliphatic heterocycles. The molecule has 19 aromatic rings. The summed E-state index contributed by atoms with van der Waals surface area (Å²) < 4.78 is 61.1. The van der Waals surface area contributed by atoms with Crippen LogP contribution in [0.2, 0.25) is 0 Å². The van der Waals surface area contributed by atoms with Crippen LogP contribution in [0, 0.1) is 64.5 Å². The number of para-hydroxylation sites is 5. The van der Waals surface area contributed by atoms with E-state index in [4.69, 9.17) is 51.3 Å². The van der Waals surface area contributed by atoms with Crippen molar-refractivity contribution >= 4 is 172 Å². The van der Waals surface area contributed by atoms with Crippen molar-refractivity contribution < 1.29 is 61.6 Å². The van der Waals surface area contributed by atoms with Crippen LogP contribution in [-0.4, -0.2) is 126 Å². The number of carbonyl (C=O) groups excluding carboxylic acids is 3. The molecule has 29 heteroatoms. The molecule has 0 saturated carbocycles. The molecule has 4 aliphatic rings. The minimum atomic E-state index is -1.03. The summed E-state index contributed by atoms with van der Waals surface area (Å²) in [6, 6.07) is 66.8. The number of furan rings is 2. The number of rotatable bonds is 10. The van der Waals surface area contributed by atoms with E-state index in [2.05, 4.69) is 105 Å². The molecule has 3 fully saturated rings. The highest BCUT2D eigenvalue weighted by Crippen LogP contribution is 2.49. The van der Waals surface area contributed by atoms with Crippen molar-refractivity contribution in [2.75, 3.05) is 54.0 Å². The quantitative estimate of drug-likeness (QED) is 0.0380. The van der Waals surface area contributed by atoms with E-state index in [-0.39, 0.29) is 52.1 Å². The van der Waals surface area contributed by atoms with Crippen LogP contribution in [0.3, 0.4) is 0 Å². The van der Waals surface area contributed by atoms with Gasteiger partial charge in [0.2, 0.25) is 28.6 Å². The smallest absolute Gasteiger partial charge is 0.407 e. The molecule has 12 aromatic carbocycles. The number of piperidine rings is 3. The fraction of sp³-hybridized carbons (Fsp3) is 0.183. The predicted molar refractivity (Wildman–Crippen MR) is 584 cm³/mol. The van der Waals surface area contributed by atoms with E-state index in [1.807, 2.05) is 157 Å². The fourth-order valence-electron chi connectivity index (χ4n) is 19.8. The first kappa shape index (κ1) is 99.8. The number of ketones is 2. The summed E-state index contributed by atoms with van der Waals surface area (Å²) in [5, 5.41) is 53.7. The lowest BCUT2D eigenvalue weighted by molar-refractivity contribution is -0.131. The largest absolute Gasteiger partial charge is 0.518 e. The second-order valence-electron chi connectivity index (χ2n) is 38.2. The Morgan fingerprint density at radius 1 is 0.443 bits per heavy atom. The summed E-state index contributed by atoms with van der Waals surface area (Å²) in [5.74, 6) is -3.92. The SMILES string of the molecule is Cc1cccc(-c2cnc3ccc(-c4cc(F)cc(F)c4)cc3c2N2CCC(NC(=O)OC(C)(C)C)CC2)c1O.NC1CCN(c2ccnc3ccc(Br)cc23)CC1.[C-]#[N+]C1=C(O)C(c2ccc3ncc(-c4cc(C)cc(F)c4)c(N4CCC(N)CC4)c3c2)=CC(=O)C1=O.[C-]#[N+]c1cccc(-c2ccc3ncc4c5cccc([N+]#[C-])c5oc4c3c2)c1O.[C-]#[N+]c1cccc(-c2ccc3ncc4oc5c(C)cccc5c4c3c2)c1O. The van der Waals surface area contributed by atoms with Crippen molar-refractivity contribution in [1.29, 1.82) is 0 Å². The Hall–Kier alpha value is -17.9. The van der Waals surface area contributed by atoms with E-state index in [0.29, 0.717) is 106 Å². The van der Waals surface area contributed by atoms with Crippen LogP contribution in [0.4, 0.5) is 52.1 Å². The van der Waals surface area contributed by atoms with Gasteiger partial charge in [-0.2, -0.15) is 0 Å². The Morgan fingerprint density at radius 2 is 0.946 bits per heavy atom. The molecule has 1 amide bonds. The number of aryl methyl sites for hydroxylation is 3. The number of aromatic hydroxyl groups is 3. The van der Waals surface area contributed by atoms with Crippen LogP contribution in [-0.2, 0) is 14.3 Å². The van der Waals surface area contributed by atoms with Gasteiger partial charge in [0.05, 0.1) is 71.4 Å². The minimum Gasteiger partial charge on any atom is -0.518 e.